The van der Waals surface area contributed by atoms with Gasteiger partial charge in [0.05, 0.1) is 6.42 Å². The van der Waals surface area contributed by atoms with Crippen molar-refractivity contribution < 1.29 is 19.4 Å². The third-order valence-electron chi connectivity index (χ3n) is 4.10. The number of hydrogen-bond acceptors (Lipinski definition) is 3. The Labute approximate surface area is 181 Å². The van der Waals surface area contributed by atoms with Gasteiger partial charge in [-0.1, -0.05) is 53.5 Å². The number of amides is 1. The van der Waals surface area contributed by atoms with E-state index in [2.05, 4.69) is 0 Å². The van der Waals surface area contributed by atoms with Gasteiger partial charge in [-0.25, -0.2) is 4.79 Å². The Bertz CT molecular complexity index is 840. The third kappa shape index (κ3) is 7.59. The first-order valence-electron chi connectivity index (χ1n) is 9.25. The van der Waals surface area contributed by atoms with Gasteiger partial charge in [0.15, 0.2) is 0 Å². The second-order valence-electron chi connectivity index (χ2n) is 7.74. The fourth-order valence-electron chi connectivity index (χ4n) is 2.74. The molecule has 0 bridgehead atoms. The van der Waals surface area contributed by atoms with E-state index < -0.39 is 17.7 Å². The Morgan fingerprint density at radius 2 is 1.55 bits per heavy atom. The van der Waals surface area contributed by atoms with Crippen LogP contribution in [0, 0.1) is 0 Å². The number of halogens is 2. The van der Waals surface area contributed by atoms with Gasteiger partial charge in [0.1, 0.15) is 5.60 Å². The fourth-order valence-corrected chi connectivity index (χ4v) is 3.32. The molecular weight excluding hydrogens is 413 g/mol. The van der Waals surface area contributed by atoms with Gasteiger partial charge >= 0.3 is 12.1 Å². The van der Waals surface area contributed by atoms with Crippen molar-refractivity contribution in [3.8, 4) is 0 Å². The van der Waals surface area contributed by atoms with Crippen LogP contribution in [0.3, 0.4) is 0 Å². The largest absolute Gasteiger partial charge is 0.481 e. The van der Waals surface area contributed by atoms with Crippen LogP contribution < -0.4 is 0 Å². The molecule has 2 aromatic rings. The molecule has 0 saturated carbocycles. The predicted octanol–water partition coefficient (Wildman–Crippen LogP) is 5.60. The monoisotopic (exact) mass is 437 g/mol. The van der Waals surface area contributed by atoms with Crippen LogP contribution in [0.15, 0.2) is 42.5 Å². The molecule has 156 valence electrons. The van der Waals surface area contributed by atoms with Crippen molar-refractivity contribution in [2.45, 2.75) is 45.8 Å². The Morgan fingerprint density at radius 1 is 1.00 bits per heavy atom. The van der Waals surface area contributed by atoms with Crippen molar-refractivity contribution in [2.75, 3.05) is 6.54 Å². The van der Waals surface area contributed by atoms with Crippen LogP contribution in [0.25, 0.3) is 0 Å². The summed E-state index contributed by atoms with van der Waals surface area (Å²) in [6.07, 6.45) is 0.00547. The average Bonchev–Trinajstić information content (AvgIpc) is 2.59. The minimum Gasteiger partial charge on any atom is -0.481 e. The fraction of sp³-hybridized carbons (Fsp3) is 0.364. The molecule has 1 amide bonds. The van der Waals surface area contributed by atoms with Crippen LogP contribution in [-0.4, -0.2) is 34.2 Å². The molecular formula is C22H25Cl2NO4. The molecule has 0 saturated heterocycles. The molecule has 29 heavy (non-hydrogen) atoms. The number of ether oxygens (including phenoxy) is 1. The van der Waals surface area contributed by atoms with Gasteiger partial charge in [-0.15, -0.1) is 0 Å². The minimum atomic E-state index is -0.884. The van der Waals surface area contributed by atoms with Crippen LogP contribution in [0.1, 0.15) is 37.5 Å². The molecule has 0 unspecified atom stereocenters. The van der Waals surface area contributed by atoms with Gasteiger partial charge in [-0.05, 0) is 56.0 Å². The highest BCUT2D eigenvalue weighted by atomic mass is 35.5. The first-order chi connectivity index (χ1) is 13.5. The van der Waals surface area contributed by atoms with Gasteiger partial charge in [0.2, 0.25) is 0 Å². The molecule has 0 radical (unpaired) electrons. The van der Waals surface area contributed by atoms with E-state index in [4.69, 9.17) is 33.0 Å². The van der Waals surface area contributed by atoms with E-state index in [1.165, 1.54) is 0 Å². The summed E-state index contributed by atoms with van der Waals surface area (Å²) >= 11 is 12.5. The van der Waals surface area contributed by atoms with Crippen LogP contribution in [0.2, 0.25) is 10.0 Å². The van der Waals surface area contributed by atoms with Gasteiger partial charge in [-0.3, -0.25) is 4.79 Å². The molecule has 0 fully saturated rings. The lowest BCUT2D eigenvalue weighted by Gasteiger charge is -2.28. The highest BCUT2D eigenvalue weighted by Gasteiger charge is 2.23. The maximum atomic E-state index is 12.7. The topological polar surface area (TPSA) is 66.8 Å². The molecule has 5 nitrogen and oxygen atoms in total. The Morgan fingerprint density at radius 3 is 2.07 bits per heavy atom. The lowest BCUT2D eigenvalue weighted by Crippen LogP contribution is -2.37. The number of carbonyl (C=O) groups is 2. The van der Waals surface area contributed by atoms with Crippen molar-refractivity contribution in [1.29, 1.82) is 0 Å². The summed E-state index contributed by atoms with van der Waals surface area (Å²) in [5.74, 6) is -0.884. The van der Waals surface area contributed by atoms with Gasteiger partial charge < -0.3 is 14.7 Å². The zero-order chi connectivity index (χ0) is 21.6. The highest BCUT2D eigenvalue weighted by molar-refractivity contribution is 6.36. The summed E-state index contributed by atoms with van der Waals surface area (Å²) in [5.41, 5.74) is 1.73. The average molecular weight is 438 g/mol. The van der Waals surface area contributed by atoms with Crippen LogP contribution in [0.5, 0.6) is 0 Å². The Kier molecular flexibility index (Phi) is 7.94. The van der Waals surface area contributed by atoms with Gasteiger partial charge in [0.25, 0.3) is 0 Å². The molecule has 7 heteroatoms. The number of carboxylic acids is 1. The number of rotatable bonds is 7. The Balaban J connectivity index is 2.16. The maximum Gasteiger partial charge on any atom is 0.410 e. The van der Waals surface area contributed by atoms with E-state index in [0.29, 0.717) is 35.1 Å². The van der Waals surface area contributed by atoms with E-state index in [-0.39, 0.29) is 6.42 Å². The summed E-state index contributed by atoms with van der Waals surface area (Å²) in [7, 11) is 0. The lowest BCUT2D eigenvalue weighted by molar-refractivity contribution is -0.136. The summed E-state index contributed by atoms with van der Waals surface area (Å²) in [5, 5.41) is 10.0. The second kappa shape index (κ2) is 9.99. The SMILES string of the molecule is CC(C)(C)OC(=O)N(CCc1c(Cl)cccc1Cl)Cc1ccc(CC(=O)O)cc1. The van der Waals surface area contributed by atoms with Gasteiger partial charge in [0, 0.05) is 23.1 Å². The third-order valence-corrected chi connectivity index (χ3v) is 4.81. The molecule has 1 N–H and O–H groups in total. The highest BCUT2D eigenvalue weighted by Crippen LogP contribution is 2.25. The van der Waals surface area contributed by atoms with Crippen LogP contribution in [-0.2, 0) is 28.9 Å². The molecule has 0 aliphatic rings. The van der Waals surface area contributed by atoms with Gasteiger partial charge in [-0.2, -0.15) is 0 Å². The standard InChI is InChI=1S/C22H25Cl2NO4/c1-22(2,3)29-21(28)25(12-11-17-18(23)5-4-6-19(17)24)14-16-9-7-15(8-10-16)13-20(26)27/h4-10H,11-14H2,1-3H3,(H,26,27). The van der Waals surface area contributed by atoms with E-state index in [1.54, 1.807) is 35.2 Å². The molecule has 0 spiro atoms. The molecule has 2 aromatic carbocycles. The molecule has 2 rings (SSSR count). The Hall–Kier alpha value is -2.24. The van der Waals surface area contributed by atoms with Crippen molar-refractivity contribution in [2.24, 2.45) is 0 Å². The second-order valence-corrected chi connectivity index (χ2v) is 8.55. The first kappa shape index (κ1) is 23.0. The molecule has 0 aromatic heterocycles. The van der Waals surface area contributed by atoms with Crippen molar-refractivity contribution in [3.05, 3.63) is 69.2 Å². The quantitative estimate of drug-likeness (QED) is 0.611. The van der Waals surface area contributed by atoms with E-state index in [0.717, 1.165) is 11.1 Å². The summed E-state index contributed by atoms with van der Waals surface area (Å²) in [6, 6.07) is 12.4. The van der Waals surface area contributed by atoms with Crippen molar-refractivity contribution >= 4 is 35.3 Å². The number of hydrogen-bond donors (Lipinski definition) is 1. The normalized spacial score (nSPS) is 11.2. The molecule has 0 heterocycles. The van der Waals surface area contributed by atoms with Crippen molar-refractivity contribution in [3.63, 3.8) is 0 Å². The number of carboxylic acid groups (broad SMARTS) is 1. The zero-order valence-corrected chi connectivity index (χ0v) is 18.3. The first-order valence-corrected chi connectivity index (χ1v) is 10.0. The summed E-state index contributed by atoms with van der Waals surface area (Å²) < 4.78 is 5.54. The predicted molar refractivity (Wildman–Crippen MR) is 115 cm³/mol. The molecule has 0 aliphatic carbocycles. The van der Waals surface area contributed by atoms with E-state index >= 15 is 0 Å². The smallest absolute Gasteiger partial charge is 0.410 e. The van der Waals surface area contributed by atoms with E-state index in [9.17, 15) is 9.59 Å². The number of carbonyl (C=O) groups excluding carboxylic acids is 1. The molecule has 0 aliphatic heterocycles. The minimum absolute atomic E-state index is 0.0406. The molecule has 0 atom stereocenters. The number of aliphatic carboxylic acids is 1. The zero-order valence-electron chi connectivity index (χ0n) is 16.7. The van der Waals surface area contributed by atoms with E-state index in [1.807, 2.05) is 32.9 Å². The summed E-state index contributed by atoms with van der Waals surface area (Å²) in [4.78, 5) is 25.2. The number of nitrogens with zero attached hydrogens (tertiary/aromatic N) is 1. The van der Waals surface area contributed by atoms with Crippen molar-refractivity contribution in [1.82, 2.24) is 4.90 Å². The maximum absolute atomic E-state index is 12.7. The lowest BCUT2D eigenvalue weighted by atomic mass is 10.1. The number of benzene rings is 2. The van der Waals surface area contributed by atoms with Crippen LogP contribution in [0.4, 0.5) is 4.79 Å². The van der Waals surface area contributed by atoms with Crippen LogP contribution >= 0.6 is 23.2 Å². The summed E-state index contributed by atoms with van der Waals surface area (Å²) in [6.45, 7) is 6.14.